The predicted octanol–water partition coefficient (Wildman–Crippen LogP) is 3.76. The maximum absolute atomic E-state index is 13.1. The highest BCUT2D eigenvalue weighted by atomic mass is 35.5. The number of anilines is 1. The molecule has 2 amide bonds. The number of alkyl halides is 1. The van der Waals surface area contributed by atoms with Crippen LogP contribution in [-0.2, 0) is 9.59 Å². The first-order chi connectivity index (χ1) is 12.9. The largest absolute Gasteiger partial charge is 0.374 e. The molecule has 2 N–H and O–H groups in total. The molecule has 1 aliphatic rings. The molecule has 1 aromatic carbocycles. The first kappa shape index (κ1) is 21.8. The third-order valence-electron chi connectivity index (χ3n) is 4.83. The third kappa shape index (κ3) is 7.23. The number of piperidine rings is 1. The van der Waals surface area contributed by atoms with Crippen LogP contribution in [0.3, 0.4) is 0 Å². The van der Waals surface area contributed by atoms with Gasteiger partial charge in [-0.25, -0.2) is 0 Å². The van der Waals surface area contributed by atoms with E-state index in [1.165, 1.54) is 0 Å². The normalized spacial score (nSPS) is 16.3. The van der Waals surface area contributed by atoms with Gasteiger partial charge in [0.25, 0.3) is 0 Å². The molecule has 0 bridgehead atoms. The number of nitrogens with zero attached hydrogens (tertiary/aromatic N) is 1. The standard InChI is InChI=1S/C20H29Cl2N3O2/c1-14(2)11-18(24-17-5-3-16(22)4-6-17)20(27)25-9-7-15(8-10-25)13-23-19(26)12-21/h3-6,14-15,18,24H,7-13H2,1-2H3,(H,23,26)/t18-/m1/s1. The zero-order chi connectivity index (χ0) is 19.8. The molecule has 0 saturated carbocycles. The summed E-state index contributed by atoms with van der Waals surface area (Å²) in [7, 11) is 0. The van der Waals surface area contributed by atoms with Gasteiger partial charge >= 0.3 is 0 Å². The van der Waals surface area contributed by atoms with E-state index in [0.717, 1.165) is 38.0 Å². The van der Waals surface area contributed by atoms with Gasteiger partial charge in [-0.05, 0) is 55.4 Å². The van der Waals surface area contributed by atoms with E-state index in [9.17, 15) is 9.59 Å². The van der Waals surface area contributed by atoms with E-state index in [4.69, 9.17) is 23.2 Å². The van der Waals surface area contributed by atoms with Crippen LogP contribution in [0.4, 0.5) is 5.69 Å². The van der Waals surface area contributed by atoms with E-state index < -0.39 is 0 Å². The second kappa shape index (κ2) is 10.8. The molecule has 2 rings (SSSR count). The Labute approximate surface area is 171 Å². The summed E-state index contributed by atoms with van der Waals surface area (Å²) in [5.41, 5.74) is 0.900. The number of nitrogens with one attached hydrogen (secondary N) is 2. The molecule has 0 unspecified atom stereocenters. The highest BCUT2D eigenvalue weighted by molar-refractivity contribution is 6.30. The lowest BCUT2D eigenvalue weighted by molar-refractivity contribution is -0.134. The summed E-state index contributed by atoms with van der Waals surface area (Å²) in [5.74, 6) is 0.794. The molecule has 27 heavy (non-hydrogen) atoms. The third-order valence-corrected chi connectivity index (χ3v) is 5.32. The van der Waals surface area contributed by atoms with Crippen LogP contribution in [0.15, 0.2) is 24.3 Å². The molecule has 1 heterocycles. The maximum Gasteiger partial charge on any atom is 0.245 e. The molecule has 1 atom stereocenters. The first-order valence-corrected chi connectivity index (χ1v) is 10.4. The van der Waals surface area contributed by atoms with Gasteiger partial charge in [-0.15, -0.1) is 11.6 Å². The van der Waals surface area contributed by atoms with Crippen molar-refractivity contribution in [2.75, 3.05) is 30.8 Å². The minimum atomic E-state index is -0.251. The van der Waals surface area contributed by atoms with Gasteiger partial charge in [-0.3, -0.25) is 9.59 Å². The van der Waals surface area contributed by atoms with E-state index >= 15 is 0 Å². The summed E-state index contributed by atoms with van der Waals surface area (Å²) < 4.78 is 0. The lowest BCUT2D eigenvalue weighted by atomic mass is 9.95. The quantitative estimate of drug-likeness (QED) is 0.637. The summed E-state index contributed by atoms with van der Waals surface area (Å²) in [6.45, 7) is 6.31. The van der Waals surface area contributed by atoms with Gasteiger partial charge in [-0.1, -0.05) is 25.4 Å². The van der Waals surface area contributed by atoms with Crippen LogP contribution in [0.1, 0.15) is 33.1 Å². The number of carbonyl (C=O) groups excluding carboxylic acids is 2. The van der Waals surface area contributed by atoms with Gasteiger partial charge in [0.15, 0.2) is 0 Å². The fourth-order valence-electron chi connectivity index (χ4n) is 3.32. The van der Waals surface area contributed by atoms with Crippen molar-refractivity contribution in [3.05, 3.63) is 29.3 Å². The van der Waals surface area contributed by atoms with Gasteiger partial charge in [0, 0.05) is 30.3 Å². The van der Waals surface area contributed by atoms with Crippen molar-refractivity contribution in [1.29, 1.82) is 0 Å². The molecule has 5 nitrogen and oxygen atoms in total. The number of rotatable bonds is 8. The highest BCUT2D eigenvalue weighted by Gasteiger charge is 2.28. The first-order valence-electron chi connectivity index (χ1n) is 9.52. The van der Waals surface area contributed by atoms with Crippen molar-refractivity contribution >= 4 is 40.7 Å². The Morgan fingerprint density at radius 2 is 1.81 bits per heavy atom. The molecule has 1 aromatic rings. The molecular weight excluding hydrogens is 385 g/mol. The molecule has 0 aromatic heterocycles. The van der Waals surface area contributed by atoms with Gasteiger partial charge in [-0.2, -0.15) is 0 Å². The van der Waals surface area contributed by atoms with Crippen LogP contribution in [0.25, 0.3) is 0 Å². The molecule has 0 aliphatic carbocycles. The Bertz CT molecular complexity index is 614. The fourth-order valence-corrected chi connectivity index (χ4v) is 3.54. The second-order valence-electron chi connectivity index (χ2n) is 7.54. The van der Waals surface area contributed by atoms with E-state index in [-0.39, 0.29) is 23.7 Å². The summed E-state index contributed by atoms with van der Waals surface area (Å²) in [6, 6.07) is 7.19. The Morgan fingerprint density at radius 1 is 1.19 bits per heavy atom. The predicted molar refractivity (Wildman–Crippen MR) is 111 cm³/mol. The Hall–Kier alpha value is -1.46. The van der Waals surface area contributed by atoms with Crippen molar-refractivity contribution in [2.45, 2.75) is 39.2 Å². The number of benzene rings is 1. The number of carbonyl (C=O) groups is 2. The van der Waals surface area contributed by atoms with Crippen molar-refractivity contribution in [2.24, 2.45) is 11.8 Å². The van der Waals surface area contributed by atoms with Gasteiger partial charge in [0.05, 0.1) is 0 Å². The summed E-state index contributed by atoms with van der Waals surface area (Å²) >= 11 is 11.5. The van der Waals surface area contributed by atoms with Gasteiger partial charge in [0.2, 0.25) is 11.8 Å². The minimum Gasteiger partial charge on any atom is -0.374 e. The van der Waals surface area contributed by atoms with Gasteiger partial charge in [0.1, 0.15) is 11.9 Å². The van der Waals surface area contributed by atoms with E-state index in [1.54, 1.807) is 0 Å². The Balaban J connectivity index is 1.91. The summed E-state index contributed by atoms with van der Waals surface area (Å²) in [5, 5.41) is 6.88. The topological polar surface area (TPSA) is 61.4 Å². The molecule has 150 valence electrons. The maximum atomic E-state index is 13.1. The lowest BCUT2D eigenvalue weighted by Crippen LogP contribution is -2.48. The number of hydrogen-bond acceptors (Lipinski definition) is 3. The lowest BCUT2D eigenvalue weighted by Gasteiger charge is -2.35. The Kier molecular flexibility index (Phi) is 8.71. The second-order valence-corrected chi connectivity index (χ2v) is 8.24. The molecule has 0 spiro atoms. The van der Waals surface area contributed by atoms with Crippen molar-refractivity contribution in [1.82, 2.24) is 10.2 Å². The zero-order valence-corrected chi connectivity index (χ0v) is 17.5. The zero-order valence-electron chi connectivity index (χ0n) is 16.0. The molecule has 1 fully saturated rings. The SMILES string of the molecule is CC(C)C[C@@H](Nc1ccc(Cl)cc1)C(=O)N1CCC(CNC(=O)CCl)CC1. The number of hydrogen-bond donors (Lipinski definition) is 2. The molecule has 1 aliphatic heterocycles. The van der Waals surface area contributed by atoms with Crippen molar-refractivity contribution in [3.63, 3.8) is 0 Å². The average molecular weight is 414 g/mol. The fraction of sp³-hybridized carbons (Fsp3) is 0.600. The van der Waals surface area contributed by atoms with Crippen LogP contribution >= 0.6 is 23.2 Å². The Morgan fingerprint density at radius 3 is 2.37 bits per heavy atom. The van der Waals surface area contributed by atoms with Crippen LogP contribution < -0.4 is 10.6 Å². The average Bonchev–Trinajstić information content (AvgIpc) is 2.66. The number of likely N-dealkylation sites (tertiary alicyclic amines) is 1. The smallest absolute Gasteiger partial charge is 0.245 e. The molecule has 0 radical (unpaired) electrons. The van der Waals surface area contributed by atoms with E-state index in [0.29, 0.717) is 23.4 Å². The molecule has 1 saturated heterocycles. The van der Waals surface area contributed by atoms with Crippen LogP contribution in [0.5, 0.6) is 0 Å². The molecule has 7 heteroatoms. The van der Waals surface area contributed by atoms with Crippen LogP contribution in [0.2, 0.25) is 5.02 Å². The number of halogens is 2. The minimum absolute atomic E-state index is 0.00934. The monoisotopic (exact) mass is 413 g/mol. The van der Waals surface area contributed by atoms with E-state index in [1.807, 2.05) is 29.2 Å². The highest BCUT2D eigenvalue weighted by Crippen LogP contribution is 2.21. The summed E-state index contributed by atoms with van der Waals surface area (Å²) in [6.07, 6.45) is 2.56. The number of amides is 2. The van der Waals surface area contributed by atoms with Crippen molar-refractivity contribution in [3.8, 4) is 0 Å². The van der Waals surface area contributed by atoms with Crippen LogP contribution in [-0.4, -0.2) is 48.3 Å². The van der Waals surface area contributed by atoms with Crippen molar-refractivity contribution < 1.29 is 9.59 Å². The van der Waals surface area contributed by atoms with Crippen LogP contribution in [0, 0.1) is 11.8 Å². The van der Waals surface area contributed by atoms with Gasteiger partial charge < -0.3 is 15.5 Å². The summed E-state index contributed by atoms with van der Waals surface area (Å²) in [4.78, 5) is 26.3. The molecular formula is C20H29Cl2N3O2. The van der Waals surface area contributed by atoms with E-state index in [2.05, 4.69) is 24.5 Å².